The fourth-order valence-corrected chi connectivity index (χ4v) is 3.28. The summed E-state index contributed by atoms with van der Waals surface area (Å²) in [4.78, 5) is 10.7. The number of hydrogen-bond donors (Lipinski definition) is 2. The topological polar surface area (TPSA) is 83.5 Å². The third kappa shape index (κ3) is 3.43. The smallest absolute Gasteiger partial charge is 0.324 e. The van der Waals surface area contributed by atoms with Crippen LogP contribution in [0.4, 0.5) is 4.39 Å². The maximum absolute atomic E-state index is 12.9. The molecule has 0 heterocycles. The fraction of sp³-hybridized carbons (Fsp3) is 0.364. The Kier molecular flexibility index (Phi) is 4.54. The Balaban J connectivity index is 3.22. The Morgan fingerprint density at radius 1 is 1.53 bits per heavy atom. The molecule has 106 valence electrons. The number of carboxylic acids is 1. The van der Waals surface area contributed by atoms with Crippen molar-refractivity contribution in [2.24, 2.45) is 0 Å². The van der Waals surface area contributed by atoms with Crippen LogP contribution in [0.15, 0.2) is 23.1 Å². The van der Waals surface area contributed by atoms with E-state index in [1.807, 2.05) is 0 Å². The molecule has 0 saturated heterocycles. The molecule has 0 aromatic heterocycles. The zero-order chi connectivity index (χ0) is 14.8. The van der Waals surface area contributed by atoms with E-state index in [2.05, 4.69) is 4.72 Å². The first-order chi connectivity index (χ1) is 8.62. The molecule has 1 aromatic rings. The predicted octanol–water partition coefficient (Wildman–Crippen LogP) is 2.01. The second-order valence-corrected chi connectivity index (χ2v) is 6.23. The van der Waals surface area contributed by atoms with Crippen LogP contribution < -0.4 is 4.72 Å². The van der Waals surface area contributed by atoms with Crippen LogP contribution in [-0.2, 0) is 14.8 Å². The fourth-order valence-electron chi connectivity index (χ4n) is 1.31. The van der Waals surface area contributed by atoms with E-state index >= 15 is 0 Å². The first-order valence-electron chi connectivity index (χ1n) is 5.35. The predicted molar refractivity (Wildman–Crippen MR) is 68.1 cm³/mol. The van der Waals surface area contributed by atoms with E-state index in [4.69, 9.17) is 16.7 Å². The van der Waals surface area contributed by atoms with Crippen molar-refractivity contribution in [3.8, 4) is 0 Å². The van der Waals surface area contributed by atoms with Gasteiger partial charge in [-0.05, 0) is 31.5 Å². The van der Waals surface area contributed by atoms with E-state index in [0.29, 0.717) is 0 Å². The van der Waals surface area contributed by atoms with Gasteiger partial charge in [-0.15, -0.1) is 0 Å². The van der Waals surface area contributed by atoms with E-state index in [1.54, 1.807) is 0 Å². The Bertz CT molecular complexity index is 605. The molecule has 0 spiro atoms. The van der Waals surface area contributed by atoms with Gasteiger partial charge >= 0.3 is 5.97 Å². The van der Waals surface area contributed by atoms with E-state index in [9.17, 15) is 17.6 Å². The Morgan fingerprint density at radius 2 is 2.11 bits per heavy atom. The Labute approximate surface area is 115 Å². The van der Waals surface area contributed by atoms with Crippen molar-refractivity contribution in [1.29, 1.82) is 0 Å². The minimum atomic E-state index is -4.15. The molecule has 8 heteroatoms. The summed E-state index contributed by atoms with van der Waals surface area (Å²) >= 11 is 5.66. The van der Waals surface area contributed by atoms with Gasteiger partial charge in [0, 0.05) is 0 Å². The quantitative estimate of drug-likeness (QED) is 0.871. The van der Waals surface area contributed by atoms with Crippen molar-refractivity contribution in [3.63, 3.8) is 0 Å². The molecule has 0 bridgehead atoms. The average Bonchev–Trinajstić information content (AvgIpc) is 2.27. The van der Waals surface area contributed by atoms with Crippen LogP contribution in [0.2, 0.25) is 5.02 Å². The van der Waals surface area contributed by atoms with Gasteiger partial charge in [-0.1, -0.05) is 18.5 Å². The maximum atomic E-state index is 12.9. The van der Waals surface area contributed by atoms with Gasteiger partial charge in [0.15, 0.2) is 0 Å². The number of hydrogen-bond acceptors (Lipinski definition) is 3. The molecule has 1 aromatic carbocycles. The van der Waals surface area contributed by atoms with Crippen molar-refractivity contribution in [1.82, 2.24) is 4.72 Å². The SMILES string of the molecule is CCC(C)(NS(=O)(=O)c1ccc(F)cc1Cl)C(=O)O. The van der Waals surface area contributed by atoms with E-state index in [1.165, 1.54) is 13.8 Å². The number of halogens is 2. The van der Waals surface area contributed by atoms with Crippen LogP contribution in [0.3, 0.4) is 0 Å². The third-order valence-electron chi connectivity index (χ3n) is 2.72. The van der Waals surface area contributed by atoms with Gasteiger partial charge in [0.05, 0.1) is 5.02 Å². The number of carbonyl (C=O) groups is 1. The van der Waals surface area contributed by atoms with Gasteiger partial charge in [0.2, 0.25) is 10.0 Å². The number of benzene rings is 1. The lowest BCUT2D eigenvalue weighted by atomic mass is 10.0. The van der Waals surface area contributed by atoms with Crippen LogP contribution in [-0.4, -0.2) is 25.0 Å². The van der Waals surface area contributed by atoms with Crippen LogP contribution in [0.5, 0.6) is 0 Å². The largest absolute Gasteiger partial charge is 0.480 e. The summed E-state index contributed by atoms with van der Waals surface area (Å²) in [5, 5.41) is 8.73. The van der Waals surface area contributed by atoms with Gasteiger partial charge in [-0.3, -0.25) is 4.79 Å². The highest BCUT2D eigenvalue weighted by molar-refractivity contribution is 7.89. The Hall–Kier alpha value is -1.18. The molecule has 0 aliphatic rings. The first kappa shape index (κ1) is 15.9. The second-order valence-electron chi connectivity index (χ2n) is 4.17. The maximum Gasteiger partial charge on any atom is 0.324 e. The lowest BCUT2D eigenvalue weighted by Gasteiger charge is -2.24. The Morgan fingerprint density at radius 3 is 2.53 bits per heavy atom. The van der Waals surface area contributed by atoms with Gasteiger partial charge < -0.3 is 5.11 Å². The van der Waals surface area contributed by atoms with Gasteiger partial charge in [-0.2, -0.15) is 4.72 Å². The highest BCUT2D eigenvalue weighted by atomic mass is 35.5. The molecule has 0 fully saturated rings. The molecule has 1 rings (SSSR count). The molecule has 0 aliphatic carbocycles. The van der Waals surface area contributed by atoms with Gasteiger partial charge in [-0.25, -0.2) is 12.8 Å². The third-order valence-corrected chi connectivity index (χ3v) is 4.80. The van der Waals surface area contributed by atoms with Crippen molar-refractivity contribution < 1.29 is 22.7 Å². The molecule has 0 saturated carbocycles. The molecule has 5 nitrogen and oxygen atoms in total. The minimum Gasteiger partial charge on any atom is -0.480 e. The zero-order valence-electron chi connectivity index (χ0n) is 10.3. The van der Waals surface area contributed by atoms with Crippen molar-refractivity contribution in [2.45, 2.75) is 30.7 Å². The summed E-state index contributed by atoms with van der Waals surface area (Å²) in [6, 6.07) is 2.77. The zero-order valence-corrected chi connectivity index (χ0v) is 11.8. The molecular weight excluding hydrogens is 297 g/mol. The standard InChI is InChI=1S/C11H13ClFNO4S/c1-3-11(2,10(15)16)14-19(17,18)9-5-4-7(13)6-8(9)12/h4-6,14H,3H2,1-2H3,(H,15,16). The van der Waals surface area contributed by atoms with Crippen molar-refractivity contribution >= 4 is 27.6 Å². The summed E-state index contributed by atoms with van der Waals surface area (Å²) in [5.41, 5.74) is -1.66. The monoisotopic (exact) mass is 309 g/mol. The number of rotatable bonds is 5. The molecule has 19 heavy (non-hydrogen) atoms. The lowest BCUT2D eigenvalue weighted by molar-refractivity contribution is -0.143. The summed E-state index contributed by atoms with van der Waals surface area (Å²) in [7, 11) is -4.15. The molecule has 0 amide bonds. The lowest BCUT2D eigenvalue weighted by Crippen LogP contribution is -2.51. The molecule has 0 radical (unpaired) electrons. The second kappa shape index (κ2) is 5.44. The van der Waals surface area contributed by atoms with Crippen LogP contribution >= 0.6 is 11.6 Å². The highest BCUT2D eigenvalue weighted by Gasteiger charge is 2.36. The van der Waals surface area contributed by atoms with Crippen LogP contribution in [0.1, 0.15) is 20.3 Å². The number of aliphatic carboxylic acids is 1. The summed E-state index contributed by atoms with van der Waals surface area (Å²) in [5.74, 6) is -1.99. The number of carboxylic acid groups (broad SMARTS) is 1. The average molecular weight is 310 g/mol. The van der Waals surface area contributed by atoms with E-state index in [-0.39, 0.29) is 16.3 Å². The number of nitrogens with one attached hydrogen (secondary N) is 1. The molecule has 1 atom stereocenters. The normalized spacial score (nSPS) is 14.9. The summed E-state index contributed by atoms with van der Waals surface area (Å²) in [6.45, 7) is 2.77. The summed E-state index contributed by atoms with van der Waals surface area (Å²) < 4.78 is 39.1. The van der Waals surface area contributed by atoms with Crippen molar-refractivity contribution in [3.05, 3.63) is 29.0 Å². The first-order valence-corrected chi connectivity index (χ1v) is 7.21. The summed E-state index contributed by atoms with van der Waals surface area (Å²) in [6.07, 6.45) is 0.0420. The van der Waals surface area contributed by atoms with Crippen molar-refractivity contribution in [2.75, 3.05) is 0 Å². The van der Waals surface area contributed by atoms with Crippen LogP contribution in [0.25, 0.3) is 0 Å². The molecule has 0 aliphatic heterocycles. The van der Waals surface area contributed by atoms with Crippen LogP contribution in [0, 0.1) is 5.82 Å². The molecular formula is C11H13ClFNO4S. The molecule has 1 unspecified atom stereocenters. The molecule has 2 N–H and O–H groups in total. The number of sulfonamides is 1. The van der Waals surface area contributed by atoms with Gasteiger partial charge in [0.1, 0.15) is 16.3 Å². The highest BCUT2D eigenvalue weighted by Crippen LogP contribution is 2.24. The van der Waals surface area contributed by atoms with Gasteiger partial charge in [0.25, 0.3) is 0 Å². The van der Waals surface area contributed by atoms with E-state index in [0.717, 1.165) is 18.2 Å². The minimum absolute atomic E-state index is 0.0420. The van der Waals surface area contributed by atoms with E-state index < -0.39 is 27.3 Å².